The number of carbonyl (C=O) groups is 1. The highest BCUT2D eigenvalue weighted by atomic mass is 32.2. The lowest BCUT2D eigenvalue weighted by atomic mass is 10.2. The number of hydrazine groups is 1. The van der Waals surface area contributed by atoms with Gasteiger partial charge in [-0.15, -0.1) is 0 Å². The van der Waals surface area contributed by atoms with Gasteiger partial charge in [-0.25, -0.2) is 9.00 Å². The van der Waals surface area contributed by atoms with Gasteiger partial charge in [-0.3, -0.25) is 10.2 Å². The first kappa shape index (κ1) is 22.4. The minimum atomic E-state index is -1.48. The largest absolute Gasteiger partial charge is 0.493 e. The molecule has 1 unspecified atom stereocenters. The maximum Gasteiger partial charge on any atom is 0.337 e. The standard InChI is InChI=1S/C21H24N2O5S2/c1-4-5-14-22(20-19(27-2)17-8-6-7-9-18(17)30(20)26)23(25)29-16-12-10-15(11-13-16)21(24)28-3/h6-13,25H,4-5,14H2,1-3H3. The van der Waals surface area contributed by atoms with Crippen LogP contribution >= 0.6 is 11.9 Å². The Morgan fingerprint density at radius 2 is 1.83 bits per heavy atom. The molecule has 2 aromatic carbocycles. The molecule has 2 aromatic rings. The van der Waals surface area contributed by atoms with Crippen LogP contribution in [0.2, 0.25) is 0 Å². The second kappa shape index (κ2) is 10.1. The molecule has 1 heterocycles. The molecule has 0 saturated carbocycles. The molecule has 0 aromatic heterocycles. The monoisotopic (exact) mass is 448 g/mol. The fraction of sp³-hybridized carbons (Fsp3) is 0.286. The third kappa shape index (κ3) is 4.54. The summed E-state index contributed by atoms with van der Waals surface area (Å²) in [6, 6.07) is 14.0. The molecular formula is C21H24N2O5S2. The number of unbranched alkanes of at least 4 members (excludes halogenated alkanes) is 1. The van der Waals surface area contributed by atoms with Crippen LogP contribution in [0.3, 0.4) is 0 Å². The van der Waals surface area contributed by atoms with Crippen LogP contribution in [0.25, 0.3) is 5.76 Å². The maximum absolute atomic E-state index is 13.2. The molecule has 1 N–H and O–H groups in total. The van der Waals surface area contributed by atoms with Gasteiger partial charge in [-0.2, -0.15) is 0 Å². The van der Waals surface area contributed by atoms with Crippen molar-refractivity contribution < 1.29 is 23.7 Å². The summed E-state index contributed by atoms with van der Waals surface area (Å²) in [7, 11) is 1.38. The van der Waals surface area contributed by atoms with Crippen molar-refractivity contribution in [1.82, 2.24) is 9.59 Å². The summed E-state index contributed by atoms with van der Waals surface area (Å²) in [4.78, 5) is 13.0. The number of hydrogen-bond donors (Lipinski definition) is 1. The summed E-state index contributed by atoms with van der Waals surface area (Å²) in [5.74, 6) is 0.0618. The van der Waals surface area contributed by atoms with E-state index in [0.29, 0.717) is 32.7 Å². The lowest BCUT2D eigenvalue weighted by molar-refractivity contribution is -0.133. The summed E-state index contributed by atoms with van der Waals surface area (Å²) in [6.45, 7) is 2.51. The third-order valence-corrected chi connectivity index (χ3v) is 6.88. The van der Waals surface area contributed by atoms with Crippen LogP contribution in [-0.2, 0) is 20.3 Å². The molecule has 3 rings (SSSR count). The summed E-state index contributed by atoms with van der Waals surface area (Å²) >= 11 is 1.05. The molecule has 0 fully saturated rings. The molecule has 30 heavy (non-hydrogen) atoms. The molecule has 0 bridgehead atoms. The first-order valence-corrected chi connectivity index (χ1v) is 11.4. The van der Waals surface area contributed by atoms with Crippen molar-refractivity contribution in [3.8, 4) is 0 Å². The van der Waals surface area contributed by atoms with E-state index in [1.165, 1.54) is 14.2 Å². The lowest BCUT2D eigenvalue weighted by Gasteiger charge is -2.31. The Hall–Kier alpha value is -2.33. The Bertz CT molecular complexity index is 962. The SMILES string of the molecule is CCCCN(C1=C(OC)c2ccccc2S1=O)N(O)Sc1ccc(C(=O)OC)cc1. The second-order valence-corrected chi connectivity index (χ2v) is 8.78. The molecule has 1 aliphatic rings. The van der Waals surface area contributed by atoms with Crippen LogP contribution in [0.4, 0.5) is 0 Å². The van der Waals surface area contributed by atoms with Crippen molar-refractivity contribution >= 4 is 34.5 Å². The fourth-order valence-corrected chi connectivity index (χ4v) is 5.27. The summed E-state index contributed by atoms with van der Waals surface area (Å²) < 4.78 is 24.5. The van der Waals surface area contributed by atoms with Crippen molar-refractivity contribution in [3.05, 3.63) is 64.7 Å². The molecule has 1 aliphatic heterocycles. The summed E-state index contributed by atoms with van der Waals surface area (Å²) in [5, 5.41) is 12.9. The van der Waals surface area contributed by atoms with E-state index in [0.717, 1.165) is 34.9 Å². The predicted molar refractivity (Wildman–Crippen MR) is 116 cm³/mol. The van der Waals surface area contributed by atoms with E-state index in [4.69, 9.17) is 9.47 Å². The predicted octanol–water partition coefficient (Wildman–Crippen LogP) is 4.28. The zero-order valence-electron chi connectivity index (χ0n) is 17.0. The van der Waals surface area contributed by atoms with Crippen LogP contribution in [0.5, 0.6) is 0 Å². The second-order valence-electron chi connectivity index (χ2n) is 6.44. The van der Waals surface area contributed by atoms with E-state index in [1.54, 1.807) is 35.3 Å². The van der Waals surface area contributed by atoms with E-state index >= 15 is 0 Å². The first-order valence-electron chi connectivity index (χ1n) is 9.44. The number of rotatable bonds is 9. The first-order chi connectivity index (χ1) is 14.5. The molecule has 9 heteroatoms. The minimum absolute atomic E-state index is 0.410. The van der Waals surface area contributed by atoms with Gasteiger partial charge in [0, 0.05) is 29.0 Å². The average molecular weight is 449 g/mol. The van der Waals surface area contributed by atoms with Crippen molar-refractivity contribution in [2.45, 2.75) is 29.6 Å². The van der Waals surface area contributed by atoms with Crippen LogP contribution in [0.15, 0.2) is 63.4 Å². The zero-order chi connectivity index (χ0) is 21.7. The van der Waals surface area contributed by atoms with Gasteiger partial charge in [-0.1, -0.05) is 25.5 Å². The number of ether oxygens (including phenoxy) is 2. The van der Waals surface area contributed by atoms with Crippen molar-refractivity contribution in [2.75, 3.05) is 20.8 Å². The number of hydrogen-bond acceptors (Lipinski definition) is 8. The number of esters is 1. The highest BCUT2D eigenvalue weighted by molar-refractivity contribution is 7.97. The van der Waals surface area contributed by atoms with Crippen molar-refractivity contribution in [3.63, 3.8) is 0 Å². The van der Waals surface area contributed by atoms with Gasteiger partial charge in [0.05, 0.1) is 24.7 Å². The number of fused-ring (bicyclic) bond motifs is 1. The quantitative estimate of drug-likeness (QED) is 0.346. The molecule has 1 atom stereocenters. The van der Waals surface area contributed by atoms with Crippen molar-refractivity contribution in [1.29, 1.82) is 0 Å². The zero-order valence-corrected chi connectivity index (χ0v) is 18.7. The Morgan fingerprint density at radius 3 is 2.47 bits per heavy atom. The Balaban J connectivity index is 1.89. The van der Waals surface area contributed by atoms with Gasteiger partial charge in [0.2, 0.25) is 0 Å². The molecule has 160 valence electrons. The highest BCUT2D eigenvalue weighted by Crippen LogP contribution is 2.40. The van der Waals surface area contributed by atoms with Gasteiger partial charge in [0.15, 0.2) is 10.8 Å². The third-order valence-electron chi connectivity index (χ3n) is 4.53. The van der Waals surface area contributed by atoms with Gasteiger partial charge in [0.1, 0.15) is 10.8 Å². The van der Waals surface area contributed by atoms with Crippen LogP contribution < -0.4 is 0 Å². The molecule has 0 saturated heterocycles. The van der Waals surface area contributed by atoms with Gasteiger partial charge in [-0.05, 0) is 47.4 Å². The lowest BCUT2D eigenvalue weighted by Crippen LogP contribution is -2.37. The van der Waals surface area contributed by atoms with Crippen LogP contribution in [-0.4, -0.2) is 45.7 Å². The molecule has 0 spiro atoms. The fourth-order valence-electron chi connectivity index (χ4n) is 3.02. The number of benzene rings is 2. The Morgan fingerprint density at radius 1 is 1.13 bits per heavy atom. The highest BCUT2D eigenvalue weighted by Gasteiger charge is 2.35. The van der Waals surface area contributed by atoms with Gasteiger partial charge >= 0.3 is 5.97 Å². The van der Waals surface area contributed by atoms with E-state index in [-0.39, 0.29) is 0 Å². The van der Waals surface area contributed by atoms with E-state index in [2.05, 4.69) is 0 Å². The van der Waals surface area contributed by atoms with Crippen LogP contribution in [0.1, 0.15) is 35.7 Å². The number of methoxy groups -OCH3 is 2. The summed E-state index contributed by atoms with van der Waals surface area (Å²) in [6.07, 6.45) is 1.69. The van der Waals surface area contributed by atoms with E-state index in [1.807, 2.05) is 25.1 Å². The molecule has 7 nitrogen and oxygen atoms in total. The Kier molecular flexibility index (Phi) is 7.54. The topological polar surface area (TPSA) is 79.3 Å². The Labute approximate surface area is 182 Å². The minimum Gasteiger partial charge on any atom is -0.493 e. The maximum atomic E-state index is 13.2. The smallest absolute Gasteiger partial charge is 0.337 e. The van der Waals surface area contributed by atoms with Gasteiger partial charge in [0.25, 0.3) is 0 Å². The van der Waals surface area contributed by atoms with E-state index < -0.39 is 16.8 Å². The number of nitrogens with zero attached hydrogens (tertiary/aromatic N) is 2. The summed E-state index contributed by atoms with van der Waals surface area (Å²) in [5.41, 5.74) is 1.18. The van der Waals surface area contributed by atoms with Crippen LogP contribution in [0, 0.1) is 0 Å². The molecule has 0 aliphatic carbocycles. The molecular weight excluding hydrogens is 424 g/mol. The molecule has 0 amide bonds. The normalized spacial score (nSPS) is 15.3. The van der Waals surface area contributed by atoms with E-state index in [9.17, 15) is 14.2 Å². The number of carbonyl (C=O) groups excluding carboxylic acids is 1. The average Bonchev–Trinajstić information content (AvgIpc) is 3.06. The molecule has 0 radical (unpaired) electrons. The van der Waals surface area contributed by atoms with Gasteiger partial charge < -0.3 is 9.47 Å². The van der Waals surface area contributed by atoms with Crippen molar-refractivity contribution in [2.24, 2.45) is 0 Å².